The van der Waals surface area contributed by atoms with E-state index in [2.05, 4.69) is 15.3 Å². The van der Waals surface area contributed by atoms with Crippen molar-refractivity contribution in [3.8, 4) is 10.6 Å². The molecule has 1 saturated carbocycles. The molecule has 1 fully saturated rings. The zero-order valence-electron chi connectivity index (χ0n) is 12.1. The van der Waals surface area contributed by atoms with Gasteiger partial charge in [-0.1, -0.05) is 29.3 Å². The van der Waals surface area contributed by atoms with Gasteiger partial charge in [0.25, 0.3) is 0 Å². The smallest absolute Gasteiger partial charge is 0.231 e. The maximum Gasteiger partial charge on any atom is 0.231 e. The van der Waals surface area contributed by atoms with E-state index in [-0.39, 0.29) is 12.3 Å². The number of aromatic nitrogens is 2. The van der Waals surface area contributed by atoms with E-state index in [1.807, 2.05) is 0 Å². The number of hydrogen-bond acceptors (Lipinski definition) is 4. The van der Waals surface area contributed by atoms with Crippen molar-refractivity contribution in [2.75, 3.05) is 5.32 Å². The van der Waals surface area contributed by atoms with Crippen LogP contribution in [0.4, 0.5) is 10.2 Å². The number of amides is 1. The van der Waals surface area contributed by atoms with Gasteiger partial charge in [0.2, 0.25) is 5.91 Å². The summed E-state index contributed by atoms with van der Waals surface area (Å²) in [7, 11) is 0. The molecule has 122 valence electrons. The Balaban J connectivity index is 1.76. The molecule has 2 atom stereocenters. The van der Waals surface area contributed by atoms with Crippen LogP contribution in [0.5, 0.6) is 0 Å². The SMILES string of the molecule is O=C(Nc1nccc2nc(-c3c(Cl)cccc3Cl)sc12)C1C[C@H]1F. The zero-order valence-corrected chi connectivity index (χ0v) is 14.4. The van der Waals surface area contributed by atoms with E-state index < -0.39 is 12.1 Å². The second-order valence-electron chi connectivity index (χ2n) is 5.47. The van der Waals surface area contributed by atoms with Gasteiger partial charge < -0.3 is 5.32 Å². The molecule has 4 nitrogen and oxygen atoms in total. The minimum absolute atomic E-state index is 0.269. The number of carbonyl (C=O) groups is 1. The first-order valence-corrected chi connectivity index (χ1v) is 8.76. The Hall–Kier alpha value is -1.76. The van der Waals surface area contributed by atoms with Gasteiger partial charge in [0.05, 0.1) is 26.2 Å². The molecule has 1 N–H and O–H groups in total. The maximum absolute atomic E-state index is 13.0. The highest BCUT2D eigenvalue weighted by Gasteiger charge is 2.43. The Labute approximate surface area is 150 Å². The van der Waals surface area contributed by atoms with E-state index in [1.54, 1.807) is 30.5 Å². The summed E-state index contributed by atoms with van der Waals surface area (Å²) in [5, 5.41) is 4.32. The highest BCUT2D eigenvalue weighted by Crippen LogP contribution is 2.41. The number of fused-ring (bicyclic) bond motifs is 1. The van der Waals surface area contributed by atoms with Crippen molar-refractivity contribution in [1.29, 1.82) is 0 Å². The molecule has 8 heteroatoms. The molecule has 0 bridgehead atoms. The van der Waals surface area contributed by atoms with Crippen LogP contribution in [0.25, 0.3) is 20.8 Å². The number of halogens is 3. The number of alkyl halides is 1. The lowest BCUT2D eigenvalue weighted by Gasteiger charge is -2.03. The first kappa shape index (κ1) is 15.7. The van der Waals surface area contributed by atoms with Gasteiger partial charge in [-0.05, 0) is 24.6 Å². The van der Waals surface area contributed by atoms with Crippen LogP contribution in [0.2, 0.25) is 10.0 Å². The van der Waals surface area contributed by atoms with E-state index in [0.29, 0.717) is 36.7 Å². The molecule has 3 aromatic rings. The molecule has 0 spiro atoms. The normalized spacial score (nSPS) is 19.5. The summed E-state index contributed by atoms with van der Waals surface area (Å²) in [5.41, 5.74) is 1.31. The average Bonchev–Trinajstić information content (AvgIpc) is 3.11. The van der Waals surface area contributed by atoms with Crippen LogP contribution in [0.15, 0.2) is 30.5 Å². The summed E-state index contributed by atoms with van der Waals surface area (Å²) in [5.74, 6) is -0.552. The van der Waals surface area contributed by atoms with Gasteiger partial charge in [0.1, 0.15) is 11.2 Å². The highest BCUT2D eigenvalue weighted by molar-refractivity contribution is 7.22. The van der Waals surface area contributed by atoms with E-state index in [1.165, 1.54) is 11.3 Å². The summed E-state index contributed by atoms with van der Waals surface area (Å²) in [6, 6.07) is 6.98. The molecule has 1 aliphatic rings. The summed E-state index contributed by atoms with van der Waals surface area (Å²) in [4.78, 5) is 20.7. The van der Waals surface area contributed by atoms with Crippen LogP contribution in [-0.2, 0) is 4.79 Å². The second kappa shape index (κ2) is 5.95. The fraction of sp³-hybridized carbons (Fsp3) is 0.188. The zero-order chi connectivity index (χ0) is 16.8. The lowest BCUT2D eigenvalue weighted by Crippen LogP contribution is -2.15. The van der Waals surface area contributed by atoms with Crippen molar-refractivity contribution in [3.05, 3.63) is 40.5 Å². The molecule has 2 aromatic heterocycles. The van der Waals surface area contributed by atoms with Crippen molar-refractivity contribution in [2.45, 2.75) is 12.6 Å². The van der Waals surface area contributed by atoms with Gasteiger partial charge in [0.15, 0.2) is 5.82 Å². The topological polar surface area (TPSA) is 54.9 Å². The lowest BCUT2D eigenvalue weighted by molar-refractivity contribution is -0.117. The third-order valence-corrected chi connectivity index (χ3v) is 5.50. The van der Waals surface area contributed by atoms with Crippen molar-refractivity contribution in [2.24, 2.45) is 5.92 Å². The molecule has 0 saturated heterocycles. The number of pyridine rings is 1. The molecule has 0 aliphatic heterocycles. The Morgan fingerprint density at radius 1 is 1.29 bits per heavy atom. The van der Waals surface area contributed by atoms with E-state index >= 15 is 0 Å². The third kappa shape index (κ3) is 2.75. The Kier molecular flexibility index (Phi) is 3.90. The highest BCUT2D eigenvalue weighted by atomic mass is 35.5. The maximum atomic E-state index is 13.0. The Bertz CT molecular complexity index is 941. The molecule has 0 radical (unpaired) electrons. The number of benzene rings is 1. The molecular formula is C16H10Cl2FN3OS. The predicted octanol–water partition coefficient (Wildman–Crippen LogP) is 4.96. The van der Waals surface area contributed by atoms with Crippen molar-refractivity contribution in [3.63, 3.8) is 0 Å². The second-order valence-corrected chi connectivity index (χ2v) is 7.28. The summed E-state index contributed by atoms with van der Waals surface area (Å²) in [6.07, 6.45) is 0.767. The average molecular weight is 382 g/mol. The molecular weight excluding hydrogens is 372 g/mol. The van der Waals surface area contributed by atoms with E-state index in [9.17, 15) is 9.18 Å². The van der Waals surface area contributed by atoms with E-state index in [0.717, 1.165) is 0 Å². The Morgan fingerprint density at radius 2 is 2.00 bits per heavy atom. The van der Waals surface area contributed by atoms with Crippen molar-refractivity contribution < 1.29 is 9.18 Å². The largest absolute Gasteiger partial charge is 0.309 e. The van der Waals surface area contributed by atoms with Gasteiger partial charge in [-0.3, -0.25) is 4.79 Å². The van der Waals surface area contributed by atoms with Crippen LogP contribution in [-0.4, -0.2) is 22.0 Å². The fourth-order valence-electron chi connectivity index (χ4n) is 2.40. The molecule has 2 heterocycles. The number of anilines is 1. The van der Waals surface area contributed by atoms with Crippen LogP contribution in [0, 0.1) is 5.92 Å². The number of nitrogens with one attached hydrogen (secondary N) is 1. The summed E-state index contributed by atoms with van der Waals surface area (Å²) < 4.78 is 13.7. The van der Waals surface area contributed by atoms with Crippen LogP contribution in [0.3, 0.4) is 0 Å². The van der Waals surface area contributed by atoms with E-state index in [4.69, 9.17) is 23.2 Å². The number of rotatable bonds is 3. The van der Waals surface area contributed by atoms with Gasteiger partial charge in [-0.25, -0.2) is 14.4 Å². The molecule has 4 rings (SSSR count). The lowest BCUT2D eigenvalue weighted by atomic mass is 10.2. The quantitative estimate of drug-likeness (QED) is 0.697. The summed E-state index contributed by atoms with van der Waals surface area (Å²) >= 11 is 13.8. The first-order valence-electron chi connectivity index (χ1n) is 7.19. The Morgan fingerprint density at radius 3 is 2.67 bits per heavy atom. The van der Waals surface area contributed by atoms with Gasteiger partial charge >= 0.3 is 0 Å². The molecule has 1 aromatic carbocycles. The van der Waals surface area contributed by atoms with Gasteiger partial charge in [-0.2, -0.15) is 0 Å². The van der Waals surface area contributed by atoms with Crippen LogP contribution >= 0.6 is 34.5 Å². The number of hydrogen-bond donors (Lipinski definition) is 1. The van der Waals surface area contributed by atoms with Gasteiger partial charge in [0, 0.05) is 11.8 Å². The third-order valence-electron chi connectivity index (χ3n) is 3.77. The minimum atomic E-state index is -1.05. The van der Waals surface area contributed by atoms with Gasteiger partial charge in [-0.15, -0.1) is 11.3 Å². The van der Waals surface area contributed by atoms with Crippen molar-refractivity contribution in [1.82, 2.24) is 9.97 Å². The molecule has 24 heavy (non-hydrogen) atoms. The summed E-state index contributed by atoms with van der Waals surface area (Å²) in [6.45, 7) is 0. The molecule has 1 aliphatic carbocycles. The number of nitrogens with zero attached hydrogens (tertiary/aromatic N) is 2. The number of thiazole rings is 1. The fourth-order valence-corrected chi connectivity index (χ4v) is 4.16. The molecule has 1 amide bonds. The minimum Gasteiger partial charge on any atom is -0.309 e. The predicted molar refractivity (Wildman–Crippen MR) is 94.5 cm³/mol. The van der Waals surface area contributed by atoms with Crippen LogP contribution < -0.4 is 5.32 Å². The monoisotopic (exact) mass is 381 g/mol. The molecule has 1 unspecified atom stereocenters. The first-order chi connectivity index (χ1) is 11.5. The standard InChI is InChI=1S/C16H10Cl2FN3OS/c17-8-2-1-3-9(18)12(8)16-21-11-4-5-20-14(13(11)24-16)22-15(23)7-6-10(7)19/h1-5,7,10H,6H2,(H,20,22,23)/t7?,10-/m1/s1. The number of carbonyl (C=O) groups excluding carboxylic acids is 1. The van der Waals surface area contributed by atoms with Crippen molar-refractivity contribution >= 4 is 56.5 Å². The van der Waals surface area contributed by atoms with Crippen LogP contribution in [0.1, 0.15) is 6.42 Å².